The van der Waals surface area contributed by atoms with E-state index in [1.165, 1.54) is 11.1 Å². The Morgan fingerprint density at radius 3 is 2.73 bits per heavy atom. The van der Waals surface area contributed by atoms with Crippen LogP contribution in [-0.4, -0.2) is 35.0 Å². The van der Waals surface area contributed by atoms with Crippen molar-refractivity contribution < 1.29 is 19.5 Å². The smallest absolute Gasteiger partial charge is 0.341 e. The van der Waals surface area contributed by atoms with Gasteiger partial charge in [0, 0.05) is 18.8 Å². The van der Waals surface area contributed by atoms with Gasteiger partial charge in [-0.05, 0) is 59.7 Å². The zero-order valence-corrected chi connectivity index (χ0v) is 18.3. The molecule has 0 aliphatic heterocycles. The average Bonchev–Trinajstić information content (AvgIpc) is 2.85. The Morgan fingerprint density at radius 2 is 1.94 bits per heavy atom. The summed E-state index contributed by atoms with van der Waals surface area (Å²) in [7, 11) is 0. The van der Waals surface area contributed by atoms with E-state index in [9.17, 15) is 4.79 Å². The molecule has 6 nitrogen and oxygen atoms in total. The predicted molar refractivity (Wildman–Crippen MR) is 127 cm³/mol. The van der Waals surface area contributed by atoms with Crippen LogP contribution in [-0.2, 0) is 28.9 Å². The Balaban J connectivity index is 1.41. The van der Waals surface area contributed by atoms with Crippen LogP contribution in [0.1, 0.15) is 28.7 Å². The normalized spacial score (nSPS) is 14.5. The third-order valence-electron chi connectivity index (χ3n) is 5.52. The fraction of sp³-hybridized carbons (Fsp3) is 0.222. The summed E-state index contributed by atoms with van der Waals surface area (Å²) in [5.74, 6) is -0.308. The van der Waals surface area contributed by atoms with Crippen LogP contribution in [0.15, 0.2) is 89.9 Å². The molecule has 0 saturated heterocycles. The molecule has 0 spiro atoms. The number of carboxylic acid groups (broad SMARTS) is 1. The summed E-state index contributed by atoms with van der Waals surface area (Å²) in [4.78, 5) is 20.7. The second kappa shape index (κ2) is 11.1. The summed E-state index contributed by atoms with van der Waals surface area (Å²) in [6.07, 6.45) is 8.83. The molecule has 0 amide bonds. The number of fused-ring (bicyclic) bond motifs is 1. The molecule has 0 saturated carbocycles. The monoisotopic (exact) mass is 442 g/mol. The molecule has 0 bridgehead atoms. The lowest BCUT2D eigenvalue weighted by molar-refractivity contribution is -0.139. The Hall–Kier alpha value is -3.93. The molecule has 4 rings (SSSR count). The average molecular weight is 443 g/mol. The Bertz CT molecular complexity index is 1140. The third kappa shape index (κ3) is 6.29. The highest BCUT2D eigenvalue weighted by Crippen LogP contribution is 2.31. The molecular formula is C27H26N2O4. The van der Waals surface area contributed by atoms with Crippen LogP contribution in [0.5, 0.6) is 5.75 Å². The number of aliphatic carboxylic acids is 1. The number of ether oxygens (including phenoxy) is 1. The van der Waals surface area contributed by atoms with Gasteiger partial charge in [-0.25, -0.2) is 4.79 Å². The molecule has 0 atom stereocenters. The molecule has 0 radical (unpaired) electrons. The van der Waals surface area contributed by atoms with Crippen molar-refractivity contribution in [3.63, 3.8) is 0 Å². The Labute approximate surface area is 193 Å². The van der Waals surface area contributed by atoms with Gasteiger partial charge in [-0.1, -0.05) is 59.3 Å². The molecule has 168 valence electrons. The van der Waals surface area contributed by atoms with E-state index < -0.39 is 5.97 Å². The van der Waals surface area contributed by atoms with Crippen LogP contribution in [0.3, 0.4) is 0 Å². The van der Waals surface area contributed by atoms with Gasteiger partial charge >= 0.3 is 5.97 Å². The molecule has 1 aliphatic carbocycles. The largest absolute Gasteiger partial charge is 0.482 e. The van der Waals surface area contributed by atoms with E-state index in [1.807, 2.05) is 60.8 Å². The van der Waals surface area contributed by atoms with Crippen molar-refractivity contribution in [1.82, 2.24) is 4.98 Å². The van der Waals surface area contributed by atoms with Gasteiger partial charge in [-0.15, -0.1) is 0 Å². The van der Waals surface area contributed by atoms with Gasteiger partial charge in [0.25, 0.3) is 0 Å². The molecule has 6 heteroatoms. The molecule has 33 heavy (non-hydrogen) atoms. The lowest BCUT2D eigenvalue weighted by atomic mass is 9.87. The number of pyridine rings is 1. The summed E-state index contributed by atoms with van der Waals surface area (Å²) < 4.78 is 5.45. The topological polar surface area (TPSA) is 81.0 Å². The van der Waals surface area contributed by atoms with E-state index in [2.05, 4.69) is 22.3 Å². The van der Waals surface area contributed by atoms with Gasteiger partial charge in [0.2, 0.25) is 0 Å². The van der Waals surface area contributed by atoms with Gasteiger partial charge < -0.3 is 14.7 Å². The molecule has 3 aromatic rings. The van der Waals surface area contributed by atoms with Gasteiger partial charge in [-0.2, -0.15) is 0 Å². The number of allylic oxidation sites excluding steroid dienone is 1. The molecule has 1 aliphatic rings. The minimum Gasteiger partial charge on any atom is -0.482 e. The Morgan fingerprint density at radius 1 is 1.06 bits per heavy atom. The number of rotatable bonds is 9. The second-order valence-electron chi connectivity index (χ2n) is 7.85. The van der Waals surface area contributed by atoms with Crippen molar-refractivity contribution in [2.75, 3.05) is 13.2 Å². The molecule has 0 unspecified atom stereocenters. The quantitative estimate of drug-likeness (QED) is 0.226. The van der Waals surface area contributed by atoms with Crippen LogP contribution >= 0.6 is 0 Å². The van der Waals surface area contributed by atoms with E-state index in [0.29, 0.717) is 18.8 Å². The van der Waals surface area contributed by atoms with Crippen LogP contribution in [0, 0.1) is 0 Å². The summed E-state index contributed by atoms with van der Waals surface area (Å²) >= 11 is 0. The molecule has 1 N–H and O–H groups in total. The number of carbonyl (C=O) groups is 1. The highest BCUT2D eigenvalue weighted by atomic mass is 16.6. The number of aromatic nitrogens is 1. The summed E-state index contributed by atoms with van der Waals surface area (Å²) in [5, 5.41) is 13.3. The number of benzene rings is 2. The van der Waals surface area contributed by atoms with Gasteiger partial charge in [0.15, 0.2) is 6.61 Å². The van der Waals surface area contributed by atoms with Gasteiger partial charge in [0.1, 0.15) is 12.4 Å². The number of oxime groups is 1. The number of hydrogen-bond acceptors (Lipinski definition) is 5. The molecule has 1 aromatic heterocycles. The van der Waals surface area contributed by atoms with Gasteiger partial charge in [-0.3, -0.25) is 4.98 Å². The standard InChI is InChI=1S/C27H26N2O4/c30-27(31)19-32-26-10-4-9-23-16-20(11-12-24(23)26)13-15-33-29-25(22-7-2-1-3-8-22)17-21-6-5-14-28-18-21/h1-10,13-14,18H,11-12,15-17,19H2,(H,30,31)/b20-13-,29-25+. The summed E-state index contributed by atoms with van der Waals surface area (Å²) in [6, 6.07) is 19.8. The van der Waals surface area contributed by atoms with Gasteiger partial charge in [0.05, 0.1) is 5.71 Å². The van der Waals surface area contributed by atoms with Crippen molar-refractivity contribution in [3.05, 3.63) is 107 Å². The first-order chi connectivity index (χ1) is 16.2. The predicted octanol–water partition coefficient (Wildman–Crippen LogP) is 4.62. The number of hydrogen-bond donors (Lipinski definition) is 1. The second-order valence-corrected chi connectivity index (χ2v) is 7.85. The third-order valence-corrected chi connectivity index (χ3v) is 5.52. The Kier molecular flexibility index (Phi) is 7.48. The first-order valence-electron chi connectivity index (χ1n) is 11.0. The first-order valence-corrected chi connectivity index (χ1v) is 11.0. The molecule has 2 aromatic carbocycles. The van der Waals surface area contributed by atoms with E-state index in [4.69, 9.17) is 14.7 Å². The first kappa shape index (κ1) is 22.3. The van der Waals surface area contributed by atoms with E-state index in [0.717, 1.165) is 41.7 Å². The minimum atomic E-state index is -0.972. The lowest BCUT2D eigenvalue weighted by Gasteiger charge is -2.21. The summed E-state index contributed by atoms with van der Waals surface area (Å²) in [5.41, 5.74) is 6.50. The number of nitrogens with zero attached hydrogens (tertiary/aromatic N) is 2. The van der Waals surface area contributed by atoms with Crippen molar-refractivity contribution in [2.24, 2.45) is 5.16 Å². The van der Waals surface area contributed by atoms with Crippen molar-refractivity contribution in [2.45, 2.75) is 25.7 Å². The molecule has 1 heterocycles. The highest BCUT2D eigenvalue weighted by molar-refractivity contribution is 6.01. The van der Waals surface area contributed by atoms with E-state index in [-0.39, 0.29) is 6.61 Å². The van der Waals surface area contributed by atoms with Crippen LogP contribution in [0.2, 0.25) is 0 Å². The van der Waals surface area contributed by atoms with Crippen molar-refractivity contribution >= 4 is 11.7 Å². The van der Waals surface area contributed by atoms with Crippen molar-refractivity contribution in [3.8, 4) is 5.75 Å². The minimum absolute atomic E-state index is 0.326. The molecular weight excluding hydrogens is 416 g/mol. The number of carboxylic acids is 1. The van der Waals surface area contributed by atoms with E-state index >= 15 is 0 Å². The lowest BCUT2D eigenvalue weighted by Crippen LogP contribution is -2.13. The zero-order valence-electron chi connectivity index (χ0n) is 18.3. The van der Waals surface area contributed by atoms with Crippen LogP contribution in [0.25, 0.3) is 0 Å². The van der Waals surface area contributed by atoms with Crippen LogP contribution < -0.4 is 4.74 Å². The van der Waals surface area contributed by atoms with E-state index in [1.54, 1.807) is 6.20 Å². The molecule has 0 fully saturated rings. The fourth-order valence-corrected chi connectivity index (χ4v) is 3.91. The van der Waals surface area contributed by atoms with Crippen molar-refractivity contribution in [1.29, 1.82) is 0 Å². The maximum atomic E-state index is 10.8. The maximum absolute atomic E-state index is 10.8. The van der Waals surface area contributed by atoms with Crippen LogP contribution in [0.4, 0.5) is 0 Å². The fourth-order valence-electron chi connectivity index (χ4n) is 3.91. The zero-order chi connectivity index (χ0) is 22.9. The highest BCUT2D eigenvalue weighted by Gasteiger charge is 2.17. The summed E-state index contributed by atoms with van der Waals surface area (Å²) in [6.45, 7) is 0.0665. The SMILES string of the molecule is O=C(O)COc1cccc2c1CC/C(=C/CO/N=C(\Cc1cccnc1)c1ccccc1)C2. The maximum Gasteiger partial charge on any atom is 0.341 e.